The van der Waals surface area contributed by atoms with Crippen LogP contribution in [0.5, 0.6) is 0 Å². The molecule has 4 N–H and O–H groups in total. The van der Waals surface area contributed by atoms with Gasteiger partial charge in [0, 0.05) is 6.54 Å². The number of nitrogen functional groups attached to an aromatic ring is 1. The molecule has 1 fully saturated rings. The van der Waals surface area contributed by atoms with E-state index in [-0.39, 0.29) is 5.95 Å². The van der Waals surface area contributed by atoms with E-state index in [1.807, 2.05) is 0 Å². The van der Waals surface area contributed by atoms with Crippen LogP contribution in [0.25, 0.3) is 11.0 Å². The monoisotopic (exact) mass is 246 g/mol. The highest BCUT2D eigenvalue weighted by Gasteiger charge is 2.14. The zero-order chi connectivity index (χ0) is 12.4. The molecular weight excluding hydrogens is 228 g/mol. The van der Waals surface area contributed by atoms with Gasteiger partial charge in [-0.2, -0.15) is 15.1 Å². The van der Waals surface area contributed by atoms with E-state index in [1.165, 1.54) is 32.1 Å². The minimum Gasteiger partial charge on any atom is -0.369 e. The summed E-state index contributed by atoms with van der Waals surface area (Å²) >= 11 is 0. The molecule has 1 saturated carbocycles. The first kappa shape index (κ1) is 11.3. The standard InChI is InChI=1S/C12H18N6/c13-12-16-10(9-7-15-18-11(9)17-12)14-6-5-8-3-1-2-4-8/h7-8H,1-6H2,(H4,13,14,15,16,17,18). The molecule has 0 atom stereocenters. The van der Waals surface area contributed by atoms with Crippen LogP contribution in [0.1, 0.15) is 32.1 Å². The van der Waals surface area contributed by atoms with Crippen LogP contribution in [0.4, 0.5) is 11.8 Å². The van der Waals surface area contributed by atoms with Crippen molar-refractivity contribution in [3.05, 3.63) is 6.20 Å². The minimum absolute atomic E-state index is 0.273. The maximum absolute atomic E-state index is 5.67. The van der Waals surface area contributed by atoms with Crippen molar-refractivity contribution in [2.45, 2.75) is 32.1 Å². The minimum atomic E-state index is 0.273. The first-order valence-electron chi connectivity index (χ1n) is 6.53. The second-order valence-electron chi connectivity index (χ2n) is 4.93. The maximum atomic E-state index is 5.67. The van der Waals surface area contributed by atoms with Crippen LogP contribution in [-0.2, 0) is 0 Å². The highest BCUT2D eigenvalue weighted by molar-refractivity contribution is 5.86. The molecule has 0 unspecified atom stereocenters. The van der Waals surface area contributed by atoms with Crippen LogP contribution >= 0.6 is 0 Å². The number of nitrogens with one attached hydrogen (secondary N) is 2. The van der Waals surface area contributed by atoms with Crippen molar-refractivity contribution in [3.63, 3.8) is 0 Å². The van der Waals surface area contributed by atoms with Crippen LogP contribution in [0, 0.1) is 5.92 Å². The molecule has 0 aromatic carbocycles. The van der Waals surface area contributed by atoms with Crippen molar-refractivity contribution < 1.29 is 0 Å². The van der Waals surface area contributed by atoms with Gasteiger partial charge in [-0.15, -0.1) is 0 Å². The molecule has 0 saturated heterocycles. The molecular formula is C12H18N6. The second kappa shape index (κ2) is 4.80. The summed E-state index contributed by atoms with van der Waals surface area (Å²) in [4.78, 5) is 8.32. The SMILES string of the molecule is Nc1nc(NCCC2CCCC2)c2cn[nH]c2n1. The normalized spacial score (nSPS) is 16.4. The van der Waals surface area contributed by atoms with Crippen molar-refractivity contribution in [2.75, 3.05) is 17.6 Å². The Labute approximate surface area is 105 Å². The fraction of sp³-hybridized carbons (Fsp3) is 0.583. The number of aromatic amines is 1. The quantitative estimate of drug-likeness (QED) is 0.766. The third kappa shape index (κ3) is 2.23. The number of hydrogen-bond donors (Lipinski definition) is 3. The smallest absolute Gasteiger partial charge is 0.224 e. The van der Waals surface area contributed by atoms with Gasteiger partial charge in [0.05, 0.1) is 11.6 Å². The third-order valence-electron chi connectivity index (χ3n) is 3.65. The van der Waals surface area contributed by atoms with Gasteiger partial charge in [0.2, 0.25) is 5.95 Å². The fourth-order valence-corrected chi connectivity index (χ4v) is 2.68. The van der Waals surface area contributed by atoms with E-state index >= 15 is 0 Å². The van der Waals surface area contributed by atoms with E-state index in [9.17, 15) is 0 Å². The van der Waals surface area contributed by atoms with Crippen LogP contribution in [0.3, 0.4) is 0 Å². The predicted molar refractivity (Wildman–Crippen MR) is 71.2 cm³/mol. The van der Waals surface area contributed by atoms with Gasteiger partial charge in [0.15, 0.2) is 5.65 Å². The predicted octanol–water partition coefficient (Wildman–Crippen LogP) is 1.93. The molecule has 0 amide bonds. The summed E-state index contributed by atoms with van der Waals surface area (Å²) in [5.41, 5.74) is 6.35. The number of H-pyrrole nitrogens is 1. The van der Waals surface area contributed by atoms with Gasteiger partial charge >= 0.3 is 0 Å². The first-order valence-corrected chi connectivity index (χ1v) is 6.53. The van der Waals surface area contributed by atoms with Crippen molar-refractivity contribution >= 4 is 22.8 Å². The van der Waals surface area contributed by atoms with Gasteiger partial charge < -0.3 is 11.1 Å². The van der Waals surface area contributed by atoms with E-state index in [2.05, 4.69) is 25.5 Å². The lowest BCUT2D eigenvalue weighted by molar-refractivity contribution is 0.518. The molecule has 18 heavy (non-hydrogen) atoms. The van der Waals surface area contributed by atoms with Gasteiger partial charge in [-0.05, 0) is 12.3 Å². The zero-order valence-electron chi connectivity index (χ0n) is 10.3. The van der Waals surface area contributed by atoms with Gasteiger partial charge in [0.25, 0.3) is 0 Å². The topological polar surface area (TPSA) is 92.5 Å². The van der Waals surface area contributed by atoms with Crippen LogP contribution in [-0.4, -0.2) is 26.7 Å². The lowest BCUT2D eigenvalue weighted by Crippen LogP contribution is -2.09. The number of anilines is 2. The summed E-state index contributed by atoms with van der Waals surface area (Å²) in [5.74, 6) is 1.93. The number of rotatable bonds is 4. The molecule has 2 heterocycles. The number of nitrogens with two attached hydrogens (primary N) is 1. The van der Waals surface area contributed by atoms with E-state index in [0.717, 1.165) is 23.7 Å². The van der Waals surface area contributed by atoms with Gasteiger partial charge in [-0.25, -0.2) is 0 Å². The molecule has 96 valence electrons. The molecule has 6 nitrogen and oxygen atoms in total. The van der Waals surface area contributed by atoms with E-state index in [1.54, 1.807) is 6.20 Å². The van der Waals surface area contributed by atoms with Crippen molar-refractivity contribution in [2.24, 2.45) is 5.92 Å². The van der Waals surface area contributed by atoms with Gasteiger partial charge in [0.1, 0.15) is 5.82 Å². The Morgan fingerprint density at radius 1 is 1.33 bits per heavy atom. The molecule has 1 aliphatic carbocycles. The summed E-state index contributed by atoms with van der Waals surface area (Å²) in [5, 5.41) is 11.0. The first-order chi connectivity index (χ1) is 8.83. The summed E-state index contributed by atoms with van der Waals surface area (Å²) in [6.45, 7) is 0.932. The largest absolute Gasteiger partial charge is 0.369 e. The Morgan fingerprint density at radius 3 is 3.00 bits per heavy atom. The van der Waals surface area contributed by atoms with E-state index in [0.29, 0.717) is 5.65 Å². The van der Waals surface area contributed by atoms with Crippen LogP contribution < -0.4 is 11.1 Å². The summed E-state index contributed by atoms with van der Waals surface area (Å²) in [6, 6.07) is 0. The average molecular weight is 246 g/mol. The Kier molecular flexibility index (Phi) is 3.00. The van der Waals surface area contributed by atoms with Crippen LogP contribution in [0.2, 0.25) is 0 Å². The van der Waals surface area contributed by atoms with Crippen molar-refractivity contribution in [3.8, 4) is 0 Å². The maximum Gasteiger partial charge on any atom is 0.224 e. The van der Waals surface area contributed by atoms with Crippen LogP contribution in [0.15, 0.2) is 6.20 Å². The Morgan fingerprint density at radius 2 is 2.17 bits per heavy atom. The highest BCUT2D eigenvalue weighted by Crippen LogP contribution is 2.27. The Hall–Kier alpha value is -1.85. The molecule has 0 spiro atoms. The number of aromatic nitrogens is 4. The number of hydrogen-bond acceptors (Lipinski definition) is 5. The Bertz CT molecular complexity index is 528. The summed E-state index contributed by atoms with van der Waals surface area (Å²) < 4.78 is 0. The van der Waals surface area contributed by atoms with Crippen molar-refractivity contribution in [1.29, 1.82) is 0 Å². The molecule has 2 aromatic rings. The summed E-state index contributed by atoms with van der Waals surface area (Å²) in [7, 11) is 0. The molecule has 1 aliphatic rings. The molecule has 2 aromatic heterocycles. The second-order valence-corrected chi connectivity index (χ2v) is 4.93. The molecule has 0 radical (unpaired) electrons. The summed E-state index contributed by atoms with van der Waals surface area (Å²) in [6.07, 6.45) is 8.44. The number of fused-ring (bicyclic) bond motifs is 1. The lowest BCUT2D eigenvalue weighted by atomic mass is 10.0. The lowest BCUT2D eigenvalue weighted by Gasteiger charge is -2.10. The highest BCUT2D eigenvalue weighted by atomic mass is 15.2. The third-order valence-corrected chi connectivity index (χ3v) is 3.65. The molecule has 0 aliphatic heterocycles. The van der Waals surface area contributed by atoms with Gasteiger partial charge in [-0.1, -0.05) is 25.7 Å². The van der Waals surface area contributed by atoms with E-state index in [4.69, 9.17) is 5.73 Å². The van der Waals surface area contributed by atoms with E-state index < -0.39 is 0 Å². The average Bonchev–Trinajstić information content (AvgIpc) is 2.98. The molecule has 3 rings (SSSR count). The zero-order valence-corrected chi connectivity index (χ0v) is 10.3. The number of nitrogens with zero attached hydrogens (tertiary/aromatic N) is 3. The Balaban J connectivity index is 1.67. The molecule has 6 heteroatoms. The molecule has 0 bridgehead atoms. The van der Waals surface area contributed by atoms with Crippen molar-refractivity contribution in [1.82, 2.24) is 20.2 Å². The fourth-order valence-electron chi connectivity index (χ4n) is 2.68. The van der Waals surface area contributed by atoms with Gasteiger partial charge in [-0.3, -0.25) is 5.10 Å².